The second-order valence-electron chi connectivity index (χ2n) is 4.31. The van der Waals surface area contributed by atoms with Crippen LogP contribution in [0.15, 0.2) is 30.9 Å². The Labute approximate surface area is 87.7 Å². The van der Waals surface area contributed by atoms with Crippen molar-refractivity contribution in [1.29, 1.82) is 0 Å². The van der Waals surface area contributed by atoms with Gasteiger partial charge >= 0.3 is 0 Å². The lowest BCUT2D eigenvalue weighted by atomic mass is 9.88. The van der Waals surface area contributed by atoms with Gasteiger partial charge in [-0.15, -0.1) is 6.58 Å². The Bertz CT molecular complexity index is 321. The molecule has 0 heterocycles. The van der Waals surface area contributed by atoms with E-state index in [1.54, 1.807) is 0 Å². The summed E-state index contributed by atoms with van der Waals surface area (Å²) in [6, 6.07) is 6.71. The van der Waals surface area contributed by atoms with Gasteiger partial charge in [0.25, 0.3) is 0 Å². The molecule has 14 heavy (non-hydrogen) atoms. The second kappa shape index (κ2) is 4.45. The number of benzene rings is 1. The van der Waals surface area contributed by atoms with E-state index in [9.17, 15) is 0 Å². The van der Waals surface area contributed by atoms with Crippen molar-refractivity contribution in [3.63, 3.8) is 0 Å². The molecule has 0 spiro atoms. The van der Waals surface area contributed by atoms with E-state index >= 15 is 0 Å². The molecule has 0 radical (unpaired) electrons. The molecule has 0 aliphatic rings. The number of aryl methyl sites for hydroxylation is 1. The van der Waals surface area contributed by atoms with Gasteiger partial charge in [0.2, 0.25) is 0 Å². The zero-order valence-corrected chi connectivity index (χ0v) is 9.67. The Morgan fingerprint density at radius 3 is 2.29 bits per heavy atom. The van der Waals surface area contributed by atoms with Gasteiger partial charge in [0.05, 0.1) is 0 Å². The van der Waals surface area contributed by atoms with Crippen molar-refractivity contribution in [3.8, 4) is 0 Å². The average Bonchev–Trinajstić information content (AvgIpc) is 2.16. The van der Waals surface area contributed by atoms with Crippen LogP contribution >= 0.6 is 0 Å². The Morgan fingerprint density at radius 2 is 1.79 bits per heavy atom. The van der Waals surface area contributed by atoms with Crippen molar-refractivity contribution in [3.05, 3.63) is 47.5 Å². The highest BCUT2D eigenvalue weighted by Crippen LogP contribution is 2.27. The monoisotopic (exact) mass is 188 g/mol. The quantitative estimate of drug-likeness (QED) is 0.616. The first kappa shape index (κ1) is 11.0. The van der Waals surface area contributed by atoms with Crippen LogP contribution in [0.3, 0.4) is 0 Å². The molecule has 0 aromatic heterocycles. The molecule has 76 valence electrons. The molecule has 0 heteroatoms. The van der Waals surface area contributed by atoms with E-state index in [1.807, 2.05) is 6.08 Å². The molecular formula is C14H20. The van der Waals surface area contributed by atoms with Crippen LogP contribution in [0.1, 0.15) is 49.3 Å². The third-order valence-electron chi connectivity index (χ3n) is 2.71. The molecule has 0 amide bonds. The molecule has 0 aliphatic heterocycles. The highest BCUT2D eigenvalue weighted by molar-refractivity contribution is 5.37. The van der Waals surface area contributed by atoms with Crippen molar-refractivity contribution < 1.29 is 0 Å². The lowest BCUT2D eigenvalue weighted by Crippen LogP contribution is -1.99. The van der Waals surface area contributed by atoms with Crippen LogP contribution in [0.5, 0.6) is 0 Å². The predicted molar refractivity (Wildman–Crippen MR) is 63.9 cm³/mol. The van der Waals surface area contributed by atoms with Crippen LogP contribution in [0.25, 0.3) is 0 Å². The first-order valence-corrected chi connectivity index (χ1v) is 5.29. The third kappa shape index (κ3) is 2.25. The Hall–Kier alpha value is -1.04. The first-order valence-electron chi connectivity index (χ1n) is 5.29. The summed E-state index contributed by atoms with van der Waals surface area (Å²) < 4.78 is 0. The molecule has 0 saturated carbocycles. The average molecular weight is 188 g/mol. The van der Waals surface area contributed by atoms with Gasteiger partial charge in [0.1, 0.15) is 0 Å². The van der Waals surface area contributed by atoms with Crippen molar-refractivity contribution >= 4 is 0 Å². The van der Waals surface area contributed by atoms with Gasteiger partial charge in [-0.25, -0.2) is 0 Å². The fourth-order valence-corrected chi connectivity index (χ4v) is 1.74. The van der Waals surface area contributed by atoms with Crippen LogP contribution < -0.4 is 0 Å². The highest BCUT2D eigenvalue weighted by Gasteiger charge is 2.10. The topological polar surface area (TPSA) is 0 Å². The summed E-state index contributed by atoms with van der Waals surface area (Å²) in [6.07, 6.45) is 2.01. The van der Waals surface area contributed by atoms with Gasteiger partial charge in [0.15, 0.2) is 0 Å². The summed E-state index contributed by atoms with van der Waals surface area (Å²) in [5.74, 6) is 1.04. The third-order valence-corrected chi connectivity index (χ3v) is 2.71. The van der Waals surface area contributed by atoms with Gasteiger partial charge in [-0.2, -0.15) is 0 Å². The zero-order chi connectivity index (χ0) is 10.7. The van der Waals surface area contributed by atoms with E-state index in [2.05, 4.69) is 52.5 Å². The molecular weight excluding hydrogens is 168 g/mol. The highest BCUT2D eigenvalue weighted by atomic mass is 14.1. The second-order valence-corrected chi connectivity index (χ2v) is 4.31. The summed E-state index contributed by atoms with van der Waals surface area (Å²) in [5, 5.41) is 0. The van der Waals surface area contributed by atoms with Crippen molar-refractivity contribution in [2.45, 2.75) is 39.5 Å². The molecule has 0 fully saturated rings. The summed E-state index contributed by atoms with van der Waals surface area (Å²) in [6.45, 7) is 12.7. The Morgan fingerprint density at radius 1 is 1.14 bits per heavy atom. The molecule has 0 nitrogen and oxygen atoms in total. The molecule has 1 aromatic rings. The normalized spacial score (nSPS) is 12.9. The largest absolute Gasteiger partial charge is 0.102 e. The smallest absolute Gasteiger partial charge is 0.00102 e. The molecule has 1 aromatic carbocycles. The van der Waals surface area contributed by atoms with Crippen LogP contribution in [0, 0.1) is 6.92 Å². The molecule has 0 N–H and O–H groups in total. The molecule has 0 bridgehead atoms. The number of hydrogen-bond acceptors (Lipinski definition) is 0. The first-order chi connectivity index (χ1) is 6.56. The Kier molecular flexibility index (Phi) is 3.51. The van der Waals surface area contributed by atoms with E-state index in [1.165, 1.54) is 16.7 Å². The fraction of sp³-hybridized carbons (Fsp3) is 0.429. The van der Waals surface area contributed by atoms with E-state index in [0.717, 1.165) is 0 Å². The number of allylic oxidation sites excluding steroid dienone is 1. The molecule has 1 atom stereocenters. The molecule has 1 unspecified atom stereocenters. The van der Waals surface area contributed by atoms with Crippen molar-refractivity contribution in [2.75, 3.05) is 0 Å². The lowest BCUT2D eigenvalue weighted by Gasteiger charge is -2.16. The number of rotatable bonds is 3. The van der Waals surface area contributed by atoms with Gasteiger partial charge < -0.3 is 0 Å². The SMILES string of the molecule is C=CC(C)c1cc(C)ccc1C(C)C. The standard InChI is InChI=1S/C14H20/c1-6-12(5)14-9-11(4)7-8-13(14)10(2)3/h6-10,12H,1H2,2-5H3. The van der Waals surface area contributed by atoms with E-state index in [-0.39, 0.29) is 0 Å². The van der Waals surface area contributed by atoms with Crippen molar-refractivity contribution in [2.24, 2.45) is 0 Å². The summed E-state index contributed by atoms with van der Waals surface area (Å²) in [7, 11) is 0. The van der Waals surface area contributed by atoms with Gasteiger partial charge in [-0.3, -0.25) is 0 Å². The van der Waals surface area contributed by atoms with Gasteiger partial charge in [-0.1, -0.05) is 50.6 Å². The minimum atomic E-state index is 0.451. The lowest BCUT2D eigenvalue weighted by molar-refractivity contribution is 0.821. The summed E-state index contributed by atoms with van der Waals surface area (Å²) >= 11 is 0. The Balaban J connectivity index is 3.22. The number of hydrogen-bond donors (Lipinski definition) is 0. The summed E-state index contributed by atoms with van der Waals surface area (Å²) in [5.41, 5.74) is 4.20. The van der Waals surface area contributed by atoms with Gasteiger partial charge in [0, 0.05) is 0 Å². The minimum absolute atomic E-state index is 0.451. The van der Waals surface area contributed by atoms with E-state index < -0.39 is 0 Å². The van der Waals surface area contributed by atoms with Gasteiger partial charge in [-0.05, 0) is 29.9 Å². The predicted octanol–water partition coefficient (Wildman–Crippen LogP) is 4.41. The molecule has 0 aliphatic carbocycles. The summed E-state index contributed by atoms with van der Waals surface area (Å²) in [4.78, 5) is 0. The minimum Gasteiger partial charge on any atom is -0.102 e. The van der Waals surface area contributed by atoms with Crippen LogP contribution in [-0.2, 0) is 0 Å². The van der Waals surface area contributed by atoms with Crippen LogP contribution in [0.4, 0.5) is 0 Å². The van der Waals surface area contributed by atoms with Crippen molar-refractivity contribution in [1.82, 2.24) is 0 Å². The maximum absolute atomic E-state index is 3.87. The maximum Gasteiger partial charge on any atom is -0.00102 e. The zero-order valence-electron chi connectivity index (χ0n) is 9.67. The van der Waals surface area contributed by atoms with E-state index in [0.29, 0.717) is 11.8 Å². The van der Waals surface area contributed by atoms with Crippen LogP contribution in [0.2, 0.25) is 0 Å². The van der Waals surface area contributed by atoms with Crippen LogP contribution in [-0.4, -0.2) is 0 Å². The fourth-order valence-electron chi connectivity index (χ4n) is 1.74. The maximum atomic E-state index is 3.87. The molecule has 1 rings (SSSR count). The van der Waals surface area contributed by atoms with E-state index in [4.69, 9.17) is 0 Å². The molecule has 0 saturated heterocycles.